The Morgan fingerprint density at radius 2 is 2.00 bits per heavy atom. The van der Waals surface area contributed by atoms with Gasteiger partial charge >= 0.3 is 0 Å². The van der Waals surface area contributed by atoms with E-state index in [2.05, 4.69) is 4.72 Å². The van der Waals surface area contributed by atoms with Gasteiger partial charge in [0.15, 0.2) is 0 Å². The van der Waals surface area contributed by atoms with Gasteiger partial charge in [-0.1, -0.05) is 25.5 Å². The molecule has 4 N–H and O–H groups in total. The number of unbranched alkanes of at least 4 members (excludes halogenated alkanes) is 1. The largest absolute Gasteiger partial charge is 0.290 e. The second-order valence-electron chi connectivity index (χ2n) is 3.72. The topological polar surface area (TPSA) is 101 Å². The molecule has 0 radical (unpaired) electrons. The van der Waals surface area contributed by atoms with Crippen LogP contribution < -0.4 is 16.0 Å². The van der Waals surface area contributed by atoms with E-state index < -0.39 is 15.9 Å². The Bertz CT molecular complexity index is 514. The van der Waals surface area contributed by atoms with Gasteiger partial charge in [0.25, 0.3) is 5.91 Å². The summed E-state index contributed by atoms with van der Waals surface area (Å²) in [5.74, 6) is 4.39. The molecule has 1 amide bonds. The van der Waals surface area contributed by atoms with E-state index in [1.807, 2.05) is 12.3 Å². The van der Waals surface area contributed by atoms with Crippen LogP contribution in [-0.4, -0.2) is 20.9 Å². The van der Waals surface area contributed by atoms with Crippen molar-refractivity contribution in [1.82, 2.24) is 10.1 Å². The average Bonchev–Trinajstić information content (AvgIpc) is 2.38. The van der Waals surface area contributed by atoms with Crippen LogP contribution in [-0.2, 0) is 10.0 Å². The normalized spacial score (nSPS) is 11.2. The predicted octanol–water partition coefficient (Wildman–Crippen LogP) is 0.368. The van der Waals surface area contributed by atoms with Gasteiger partial charge in [0, 0.05) is 6.54 Å². The number of hydrogen-bond acceptors (Lipinski definition) is 4. The molecule has 1 rings (SSSR count). The molecule has 0 bridgehead atoms. The summed E-state index contributed by atoms with van der Waals surface area (Å²) >= 11 is 0. The molecule has 100 valence electrons. The highest BCUT2D eigenvalue weighted by molar-refractivity contribution is 7.89. The van der Waals surface area contributed by atoms with Crippen LogP contribution in [0.3, 0.4) is 0 Å². The van der Waals surface area contributed by atoms with Crippen molar-refractivity contribution in [1.29, 1.82) is 0 Å². The molecule has 0 heterocycles. The minimum Gasteiger partial charge on any atom is -0.290 e. The lowest BCUT2D eigenvalue weighted by atomic mass is 10.2. The first kappa shape index (κ1) is 14.6. The van der Waals surface area contributed by atoms with Crippen molar-refractivity contribution in [2.75, 3.05) is 6.54 Å². The zero-order valence-corrected chi connectivity index (χ0v) is 11.0. The molecule has 0 spiro atoms. The summed E-state index contributed by atoms with van der Waals surface area (Å²) in [6.45, 7) is 2.31. The Morgan fingerprint density at radius 3 is 2.61 bits per heavy atom. The summed E-state index contributed by atoms with van der Waals surface area (Å²) < 4.78 is 26.5. The Balaban J connectivity index is 3.05. The van der Waals surface area contributed by atoms with Gasteiger partial charge in [-0.15, -0.1) is 0 Å². The van der Waals surface area contributed by atoms with E-state index in [4.69, 9.17) is 5.84 Å². The Labute approximate surface area is 107 Å². The monoisotopic (exact) mass is 271 g/mol. The van der Waals surface area contributed by atoms with Gasteiger partial charge in [-0.05, 0) is 18.6 Å². The maximum atomic E-state index is 12.0. The van der Waals surface area contributed by atoms with Gasteiger partial charge in [0.1, 0.15) is 0 Å². The third kappa shape index (κ3) is 3.52. The number of hydrazine groups is 1. The highest BCUT2D eigenvalue weighted by atomic mass is 32.2. The zero-order chi connectivity index (χ0) is 13.6. The van der Waals surface area contributed by atoms with E-state index in [0.29, 0.717) is 6.54 Å². The fraction of sp³-hybridized carbons (Fsp3) is 0.364. The minimum atomic E-state index is -3.68. The summed E-state index contributed by atoms with van der Waals surface area (Å²) in [6.07, 6.45) is 1.62. The number of hydrogen-bond donors (Lipinski definition) is 3. The molecule has 0 saturated heterocycles. The van der Waals surface area contributed by atoms with Gasteiger partial charge < -0.3 is 0 Å². The summed E-state index contributed by atoms with van der Waals surface area (Å²) in [5.41, 5.74) is 1.96. The SMILES string of the molecule is CCCCNS(=O)(=O)c1ccccc1C(=O)NN. The van der Waals surface area contributed by atoms with Crippen molar-refractivity contribution < 1.29 is 13.2 Å². The molecule has 0 atom stereocenters. The van der Waals surface area contributed by atoms with Crippen LogP contribution in [0, 0.1) is 0 Å². The first-order valence-corrected chi connectivity index (χ1v) is 7.11. The number of nitrogens with one attached hydrogen (secondary N) is 2. The molecular formula is C11H17N3O3S. The molecule has 0 aliphatic rings. The molecule has 0 aliphatic heterocycles. The Morgan fingerprint density at radius 1 is 1.33 bits per heavy atom. The van der Waals surface area contributed by atoms with Crippen LogP contribution in [0.5, 0.6) is 0 Å². The van der Waals surface area contributed by atoms with E-state index in [1.54, 1.807) is 12.1 Å². The fourth-order valence-corrected chi connectivity index (χ4v) is 2.70. The first-order chi connectivity index (χ1) is 8.53. The zero-order valence-electron chi connectivity index (χ0n) is 10.1. The van der Waals surface area contributed by atoms with E-state index in [9.17, 15) is 13.2 Å². The van der Waals surface area contributed by atoms with Crippen LogP contribution in [0.1, 0.15) is 30.1 Å². The highest BCUT2D eigenvalue weighted by Gasteiger charge is 2.20. The van der Waals surface area contributed by atoms with E-state index in [0.717, 1.165) is 12.8 Å². The molecular weight excluding hydrogens is 254 g/mol. The van der Waals surface area contributed by atoms with Crippen molar-refractivity contribution in [2.45, 2.75) is 24.7 Å². The number of amides is 1. The summed E-state index contributed by atoms with van der Waals surface area (Å²) in [5, 5.41) is 0. The fourth-order valence-electron chi connectivity index (χ4n) is 1.43. The molecule has 6 nitrogen and oxygen atoms in total. The molecule has 0 aromatic heterocycles. The smallest absolute Gasteiger partial charge is 0.266 e. The van der Waals surface area contributed by atoms with Crippen LogP contribution in [0.25, 0.3) is 0 Å². The van der Waals surface area contributed by atoms with Gasteiger partial charge in [0.2, 0.25) is 10.0 Å². The van der Waals surface area contributed by atoms with Crippen LogP contribution in [0.2, 0.25) is 0 Å². The van der Waals surface area contributed by atoms with E-state index in [1.165, 1.54) is 12.1 Å². The lowest BCUT2D eigenvalue weighted by Gasteiger charge is -2.10. The highest BCUT2D eigenvalue weighted by Crippen LogP contribution is 2.14. The van der Waals surface area contributed by atoms with E-state index >= 15 is 0 Å². The van der Waals surface area contributed by atoms with Gasteiger partial charge in [0.05, 0.1) is 10.5 Å². The summed E-state index contributed by atoms with van der Waals surface area (Å²) in [4.78, 5) is 11.4. The van der Waals surface area contributed by atoms with E-state index in [-0.39, 0.29) is 10.5 Å². The Kier molecular flexibility index (Phi) is 5.26. The molecule has 18 heavy (non-hydrogen) atoms. The number of sulfonamides is 1. The summed E-state index contributed by atoms with van der Waals surface area (Å²) in [7, 11) is -3.68. The second-order valence-corrected chi connectivity index (χ2v) is 5.46. The number of rotatable bonds is 6. The standard InChI is InChI=1S/C11H17N3O3S/c1-2-3-8-13-18(16,17)10-7-5-4-6-9(10)11(15)14-12/h4-7,13H,2-3,8,12H2,1H3,(H,14,15). The van der Waals surface area contributed by atoms with Gasteiger partial charge in [-0.25, -0.2) is 19.0 Å². The first-order valence-electron chi connectivity index (χ1n) is 5.62. The maximum Gasteiger partial charge on any atom is 0.266 e. The summed E-state index contributed by atoms with van der Waals surface area (Å²) in [6, 6.07) is 5.92. The molecule has 1 aromatic rings. The van der Waals surface area contributed by atoms with Crippen molar-refractivity contribution >= 4 is 15.9 Å². The molecule has 7 heteroatoms. The lowest BCUT2D eigenvalue weighted by molar-refractivity contribution is 0.0950. The number of benzene rings is 1. The number of nitrogens with two attached hydrogens (primary N) is 1. The van der Waals surface area contributed by atoms with Crippen LogP contribution in [0.15, 0.2) is 29.2 Å². The molecule has 0 aliphatic carbocycles. The van der Waals surface area contributed by atoms with Crippen LogP contribution in [0.4, 0.5) is 0 Å². The van der Waals surface area contributed by atoms with Gasteiger partial charge in [-0.2, -0.15) is 0 Å². The van der Waals surface area contributed by atoms with Crippen molar-refractivity contribution in [3.63, 3.8) is 0 Å². The molecule has 0 fully saturated rings. The number of carbonyl (C=O) groups excluding carboxylic acids is 1. The molecule has 1 aromatic carbocycles. The number of nitrogen functional groups attached to an aromatic ring is 1. The average molecular weight is 271 g/mol. The molecule has 0 saturated carbocycles. The van der Waals surface area contributed by atoms with Crippen LogP contribution >= 0.6 is 0 Å². The lowest BCUT2D eigenvalue weighted by Crippen LogP contribution is -2.33. The van der Waals surface area contributed by atoms with Crippen molar-refractivity contribution in [2.24, 2.45) is 5.84 Å². The predicted molar refractivity (Wildman–Crippen MR) is 68.2 cm³/mol. The van der Waals surface area contributed by atoms with Gasteiger partial charge in [-0.3, -0.25) is 10.2 Å². The second kappa shape index (κ2) is 6.48. The third-order valence-corrected chi connectivity index (χ3v) is 3.89. The quantitative estimate of drug-likeness (QED) is 0.301. The number of carbonyl (C=O) groups is 1. The Hall–Kier alpha value is -1.44. The molecule has 0 unspecified atom stereocenters. The van der Waals surface area contributed by atoms with Crippen molar-refractivity contribution in [3.05, 3.63) is 29.8 Å². The van der Waals surface area contributed by atoms with Crippen molar-refractivity contribution in [3.8, 4) is 0 Å². The third-order valence-electron chi connectivity index (χ3n) is 2.37. The minimum absolute atomic E-state index is 0.0315. The maximum absolute atomic E-state index is 12.0.